The summed E-state index contributed by atoms with van der Waals surface area (Å²) in [5.74, 6) is -0.448. The van der Waals surface area contributed by atoms with Crippen molar-refractivity contribution in [3.05, 3.63) is 30.1 Å². The van der Waals surface area contributed by atoms with Crippen LogP contribution in [0.3, 0.4) is 0 Å². The lowest BCUT2D eigenvalue weighted by Crippen LogP contribution is -2.41. The topological polar surface area (TPSA) is 102 Å². The summed E-state index contributed by atoms with van der Waals surface area (Å²) >= 11 is 0. The van der Waals surface area contributed by atoms with Gasteiger partial charge in [-0.1, -0.05) is 6.07 Å². The van der Waals surface area contributed by atoms with Crippen molar-refractivity contribution in [3.8, 4) is 0 Å². The van der Waals surface area contributed by atoms with Crippen molar-refractivity contribution in [2.24, 2.45) is 5.73 Å². The number of hydrogen-bond donors (Lipinski definition) is 2. The molecule has 7 heteroatoms. The van der Waals surface area contributed by atoms with Gasteiger partial charge < -0.3 is 11.1 Å². The van der Waals surface area contributed by atoms with Crippen LogP contribution in [0, 0.1) is 0 Å². The first-order chi connectivity index (χ1) is 8.38. The van der Waals surface area contributed by atoms with Gasteiger partial charge in [0, 0.05) is 25.2 Å². The van der Waals surface area contributed by atoms with Gasteiger partial charge in [0.1, 0.15) is 9.84 Å². The van der Waals surface area contributed by atoms with Crippen molar-refractivity contribution in [1.82, 2.24) is 10.3 Å². The lowest BCUT2D eigenvalue weighted by molar-refractivity contribution is -0.122. The Bertz CT molecular complexity index is 488. The van der Waals surface area contributed by atoms with Gasteiger partial charge in [0.25, 0.3) is 0 Å². The Hall–Kier alpha value is -1.47. The molecule has 1 aromatic heterocycles. The molecule has 0 bridgehead atoms. The fraction of sp³-hybridized carbons (Fsp3) is 0.455. The van der Waals surface area contributed by atoms with Crippen LogP contribution in [0.15, 0.2) is 24.5 Å². The zero-order valence-electron chi connectivity index (χ0n) is 10.2. The van der Waals surface area contributed by atoms with E-state index < -0.39 is 15.9 Å². The first-order valence-corrected chi connectivity index (χ1v) is 7.54. The summed E-state index contributed by atoms with van der Waals surface area (Å²) in [5, 5.41) is 2.64. The average Bonchev–Trinajstić information content (AvgIpc) is 2.33. The molecule has 0 aromatic carbocycles. The summed E-state index contributed by atoms with van der Waals surface area (Å²) in [6.07, 6.45) is 4.52. The largest absolute Gasteiger partial charge is 0.351 e. The first kappa shape index (κ1) is 14.6. The van der Waals surface area contributed by atoms with E-state index in [0.29, 0.717) is 6.54 Å². The minimum atomic E-state index is -3.09. The molecular weight excluding hydrogens is 254 g/mol. The van der Waals surface area contributed by atoms with E-state index in [1.165, 1.54) is 0 Å². The number of pyridine rings is 1. The Morgan fingerprint density at radius 1 is 1.56 bits per heavy atom. The fourth-order valence-corrected chi connectivity index (χ4v) is 1.98. The molecule has 1 rings (SSSR count). The second kappa shape index (κ2) is 6.46. The van der Waals surface area contributed by atoms with Gasteiger partial charge in [-0.3, -0.25) is 9.78 Å². The minimum absolute atomic E-state index is 0.0888. The smallest absolute Gasteiger partial charge is 0.237 e. The average molecular weight is 271 g/mol. The van der Waals surface area contributed by atoms with Crippen molar-refractivity contribution in [2.75, 3.05) is 12.0 Å². The lowest BCUT2D eigenvalue weighted by Gasteiger charge is -2.11. The molecule has 0 aliphatic carbocycles. The van der Waals surface area contributed by atoms with Crippen LogP contribution in [-0.2, 0) is 21.2 Å². The number of nitrogens with two attached hydrogens (primary N) is 1. The van der Waals surface area contributed by atoms with Gasteiger partial charge in [0.05, 0.1) is 11.8 Å². The summed E-state index contributed by atoms with van der Waals surface area (Å²) in [6, 6.07) is 2.79. The van der Waals surface area contributed by atoms with Gasteiger partial charge in [-0.05, 0) is 18.1 Å². The molecule has 6 nitrogen and oxygen atoms in total. The third-order valence-corrected chi connectivity index (χ3v) is 3.30. The fourth-order valence-electron chi connectivity index (χ4n) is 1.30. The summed E-state index contributed by atoms with van der Waals surface area (Å²) in [6.45, 7) is 0.333. The number of amides is 1. The van der Waals surface area contributed by atoms with Gasteiger partial charge in [-0.25, -0.2) is 8.42 Å². The third-order valence-electron chi connectivity index (χ3n) is 2.33. The molecule has 3 N–H and O–H groups in total. The first-order valence-electron chi connectivity index (χ1n) is 5.48. The molecule has 1 heterocycles. The second-order valence-electron chi connectivity index (χ2n) is 4.10. The lowest BCUT2D eigenvalue weighted by atomic mass is 10.2. The molecule has 0 radical (unpaired) electrons. The SMILES string of the molecule is CS(=O)(=O)CC[C@H](N)C(=O)NCc1cccnc1. The molecule has 100 valence electrons. The van der Waals surface area contributed by atoms with Gasteiger partial charge in [0.2, 0.25) is 5.91 Å². The predicted octanol–water partition coefficient (Wildman–Crippen LogP) is -0.540. The number of hydrogen-bond acceptors (Lipinski definition) is 5. The van der Waals surface area contributed by atoms with E-state index in [1.807, 2.05) is 6.07 Å². The maximum absolute atomic E-state index is 11.6. The Morgan fingerprint density at radius 3 is 2.83 bits per heavy atom. The molecule has 0 aliphatic rings. The molecule has 0 fully saturated rings. The molecule has 0 saturated heterocycles. The van der Waals surface area contributed by atoms with Crippen LogP contribution >= 0.6 is 0 Å². The van der Waals surface area contributed by atoms with E-state index in [0.717, 1.165) is 11.8 Å². The summed E-state index contributed by atoms with van der Waals surface area (Å²) in [5.41, 5.74) is 6.46. The van der Waals surface area contributed by atoms with Crippen LogP contribution in [0.1, 0.15) is 12.0 Å². The number of rotatable bonds is 6. The van der Waals surface area contributed by atoms with Gasteiger partial charge in [-0.15, -0.1) is 0 Å². The minimum Gasteiger partial charge on any atom is -0.351 e. The highest BCUT2D eigenvalue weighted by atomic mass is 32.2. The number of carbonyl (C=O) groups excluding carboxylic acids is 1. The maximum Gasteiger partial charge on any atom is 0.237 e. The highest BCUT2D eigenvalue weighted by molar-refractivity contribution is 7.90. The second-order valence-corrected chi connectivity index (χ2v) is 6.36. The van der Waals surface area contributed by atoms with Crippen LogP contribution in [0.2, 0.25) is 0 Å². The maximum atomic E-state index is 11.6. The molecular formula is C11H17N3O3S. The number of nitrogens with one attached hydrogen (secondary N) is 1. The van der Waals surface area contributed by atoms with Crippen LogP contribution in [0.5, 0.6) is 0 Å². The molecule has 0 aliphatic heterocycles. The Morgan fingerprint density at radius 2 is 2.28 bits per heavy atom. The third kappa shape index (κ3) is 5.74. The van der Waals surface area contributed by atoms with Crippen LogP contribution in [0.4, 0.5) is 0 Å². The predicted molar refractivity (Wildman–Crippen MR) is 68.4 cm³/mol. The van der Waals surface area contributed by atoms with Crippen molar-refractivity contribution in [3.63, 3.8) is 0 Å². The number of sulfone groups is 1. The number of nitrogens with zero attached hydrogens (tertiary/aromatic N) is 1. The van der Waals surface area contributed by atoms with Crippen LogP contribution < -0.4 is 11.1 Å². The van der Waals surface area contributed by atoms with Crippen molar-refractivity contribution in [2.45, 2.75) is 19.0 Å². The standard InChI is InChI=1S/C11H17N3O3S/c1-18(16,17)6-4-10(12)11(15)14-8-9-3-2-5-13-7-9/h2-3,5,7,10H,4,6,8,12H2,1H3,(H,14,15)/t10-/m0/s1. The molecule has 1 amide bonds. The summed E-state index contributed by atoms with van der Waals surface area (Å²) < 4.78 is 21.9. The summed E-state index contributed by atoms with van der Waals surface area (Å²) in [7, 11) is -3.09. The Balaban J connectivity index is 2.37. The van der Waals surface area contributed by atoms with E-state index in [1.54, 1.807) is 18.5 Å². The van der Waals surface area contributed by atoms with E-state index in [9.17, 15) is 13.2 Å². The normalized spacial score (nSPS) is 13.0. The molecule has 0 spiro atoms. The van der Waals surface area contributed by atoms with Crippen molar-refractivity contribution in [1.29, 1.82) is 0 Å². The zero-order valence-corrected chi connectivity index (χ0v) is 11.0. The van der Waals surface area contributed by atoms with Gasteiger partial charge in [0.15, 0.2) is 0 Å². The van der Waals surface area contributed by atoms with Crippen molar-refractivity contribution >= 4 is 15.7 Å². The van der Waals surface area contributed by atoms with Gasteiger partial charge >= 0.3 is 0 Å². The zero-order chi connectivity index (χ0) is 13.6. The highest BCUT2D eigenvalue weighted by Crippen LogP contribution is 1.97. The molecule has 0 unspecified atom stereocenters. The highest BCUT2D eigenvalue weighted by Gasteiger charge is 2.15. The van der Waals surface area contributed by atoms with E-state index in [2.05, 4.69) is 10.3 Å². The van der Waals surface area contributed by atoms with E-state index in [4.69, 9.17) is 5.73 Å². The van der Waals surface area contributed by atoms with Crippen LogP contribution in [0.25, 0.3) is 0 Å². The van der Waals surface area contributed by atoms with Gasteiger partial charge in [-0.2, -0.15) is 0 Å². The van der Waals surface area contributed by atoms with Crippen molar-refractivity contribution < 1.29 is 13.2 Å². The Kier molecular flexibility index (Phi) is 5.24. The molecule has 18 heavy (non-hydrogen) atoms. The molecule has 1 aromatic rings. The van der Waals surface area contributed by atoms with Crippen LogP contribution in [-0.4, -0.2) is 37.4 Å². The van der Waals surface area contributed by atoms with E-state index >= 15 is 0 Å². The summed E-state index contributed by atoms with van der Waals surface area (Å²) in [4.78, 5) is 15.5. The monoisotopic (exact) mass is 271 g/mol. The molecule has 1 atom stereocenters. The molecule has 0 saturated carbocycles. The number of aromatic nitrogens is 1. The quantitative estimate of drug-likeness (QED) is 0.723. The van der Waals surface area contributed by atoms with E-state index in [-0.39, 0.29) is 18.1 Å². The Labute approximate surface area is 107 Å². The number of carbonyl (C=O) groups is 1.